The summed E-state index contributed by atoms with van der Waals surface area (Å²) in [5.41, 5.74) is 4.62. The maximum atomic E-state index is 4.03. The first-order valence-corrected chi connectivity index (χ1v) is 5.84. The van der Waals surface area contributed by atoms with E-state index in [4.69, 9.17) is 0 Å². The second kappa shape index (κ2) is 4.80. The number of rotatable bonds is 2. The molecule has 2 nitrogen and oxygen atoms in total. The third-order valence-electron chi connectivity index (χ3n) is 2.89. The highest BCUT2D eigenvalue weighted by Crippen LogP contribution is 2.23. The predicted molar refractivity (Wildman–Crippen MR) is 72.9 cm³/mol. The monoisotopic (exact) mass is 232 g/mol. The van der Waals surface area contributed by atoms with Crippen LogP contribution >= 0.6 is 0 Å². The maximum absolute atomic E-state index is 4.03. The Labute approximate surface area is 106 Å². The topological polar surface area (TPSA) is 25.8 Å². The summed E-state index contributed by atoms with van der Waals surface area (Å²) in [7, 11) is 0. The normalized spacial score (nSPS) is 10.2. The number of hydrogen-bond acceptors (Lipinski definition) is 2. The smallest absolute Gasteiger partial charge is 0.115 e. The number of nitrogens with zero attached hydrogens (tertiary/aromatic N) is 2. The lowest BCUT2D eigenvalue weighted by molar-refractivity contribution is 1.17. The van der Waals surface area contributed by atoms with E-state index in [-0.39, 0.29) is 0 Å². The molecule has 0 radical (unpaired) electrons. The lowest BCUT2D eigenvalue weighted by Gasteiger charge is -2.04. The second-order valence-electron chi connectivity index (χ2n) is 4.07. The van der Waals surface area contributed by atoms with E-state index in [2.05, 4.69) is 46.4 Å². The van der Waals surface area contributed by atoms with Crippen molar-refractivity contribution in [1.29, 1.82) is 0 Å². The van der Waals surface area contributed by atoms with Crippen LogP contribution in [0.25, 0.3) is 22.3 Å². The molecule has 0 aliphatic heterocycles. The van der Waals surface area contributed by atoms with Crippen LogP contribution < -0.4 is 0 Å². The fraction of sp³-hybridized carbons (Fsp3) is 0. The van der Waals surface area contributed by atoms with Gasteiger partial charge in [0.2, 0.25) is 0 Å². The van der Waals surface area contributed by atoms with E-state index in [0.29, 0.717) is 0 Å². The molecule has 0 atom stereocenters. The van der Waals surface area contributed by atoms with Gasteiger partial charge in [-0.15, -0.1) is 0 Å². The molecule has 2 aromatic carbocycles. The van der Waals surface area contributed by atoms with Gasteiger partial charge in [-0.25, -0.2) is 9.97 Å². The maximum Gasteiger partial charge on any atom is 0.115 e. The number of aromatic nitrogens is 2. The Kier molecular flexibility index (Phi) is 2.84. The molecule has 0 aliphatic carbocycles. The van der Waals surface area contributed by atoms with E-state index in [1.54, 1.807) is 6.33 Å². The minimum atomic E-state index is 1.04. The molecule has 1 heterocycles. The lowest BCUT2D eigenvalue weighted by Crippen LogP contribution is -1.82. The van der Waals surface area contributed by atoms with Crippen molar-refractivity contribution in [2.75, 3.05) is 0 Å². The largest absolute Gasteiger partial charge is 0.244 e. The first-order chi connectivity index (χ1) is 8.93. The summed E-state index contributed by atoms with van der Waals surface area (Å²) in [5.74, 6) is 0. The summed E-state index contributed by atoms with van der Waals surface area (Å²) >= 11 is 0. The van der Waals surface area contributed by atoms with Gasteiger partial charge in [0.15, 0.2) is 0 Å². The molecule has 18 heavy (non-hydrogen) atoms. The summed E-state index contributed by atoms with van der Waals surface area (Å²) in [6, 6.07) is 18.8. The SMILES string of the molecule is c1ccc(-c2ccc(-c3cncnc3)cc2)cc1. The van der Waals surface area contributed by atoms with Crippen molar-refractivity contribution >= 4 is 0 Å². The van der Waals surface area contributed by atoms with Gasteiger partial charge < -0.3 is 0 Å². The van der Waals surface area contributed by atoms with Gasteiger partial charge in [0.1, 0.15) is 6.33 Å². The summed E-state index contributed by atoms with van der Waals surface area (Å²) in [6.45, 7) is 0. The van der Waals surface area contributed by atoms with Gasteiger partial charge in [0.05, 0.1) is 0 Å². The van der Waals surface area contributed by atoms with Gasteiger partial charge in [0.25, 0.3) is 0 Å². The quantitative estimate of drug-likeness (QED) is 0.671. The van der Waals surface area contributed by atoms with Crippen LogP contribution in [-0.4, -0.2) is 9.97 Å². The van der Waals surface area contributed by atoms with Crippen LogP contribution in [0.1, 0.15) is 0 Å². The standard InChI is InChI=1S/C16H12N2/c1-2-4-13(5-3-1)14-6-8-15(9-7-14)16-10-17-12-18-11-16/h1-12H. The van der Waals surface area contributed by atoms with Gasteiger partial charge in [-0.3, -0.25) is 0 Å². The summed E-state index contributed by atoms with van der Waals surface area (Å²) in [5, 5.41) is 0. The van der Waals surface area contributed by atoms with Crippen molar-refractivity contribution in [3.63, 3.8) is 0 Å². The Hall–Kier alpha value is -2.48. The Bertz CT molecular complexity index is 558. The third kappa shape index (κ3) is 2.13. The highest BCUT2D eigenvalue weighted by atomic mass is 14.8. The molecule has 0 unspecified atom stereocenters. The molecule has 3 rings (SSSR count). The van der Waals surface area contributed by atoms with Crippen LogP contribution in [0, 0.1) is 0 Å². The molecule has 0 saturated heterocycles. The molecule has 86 valence electrons. The number of benzene rings is 2. The molecule has 0 saturated carbocycles. The van der Waals surface area contributed by atoms with Crippen molar-refractivity contribution in [2.45, 2.75) is 0 Å². The minimum absolute atomic E-state index is 1.04. The molecule has 3 aromatic rings. The molecule has 0 N–H and O–H groups in total. The Morgan fingerprint density at radius 2 is 1.00 bits per heavy atom. The van der Waals surface area contributed by atoms with E-state index in [9.17, 15) is 0 Å². The summed E-state index contributed by atoms with van der Waals surface area (Å²) in [4.78, 5) is 8.06. The van der Waals surface area contributed by atoms with Gasteiger partial charge in [-0.1, -0.05) is 54.6 Å². The molecule has 0 aliphatic rings. The minimum Gasteiger partial charge on any atom is -0.244 e. The zero-order valence-corrected chi connectivity index (χ0v) is 9.82. The van der Waals surface area contributed by atoms with E-state index in [1.807, 2.05) is 30.6 Å². The van der Waals surface area contributed by atoms with E-state index in [1.165, 1.54) is 11.1 Å². The second-order valence-corrected chi connectivity index (χ2v) is 4.07. The van der Waals surface area contributed by atoms with Crippen molar-refractivity contribution in [2.24, 2.45) is 0 Å². The van der Waals surface area contributed by atoms with Crippen LogP contribution in [0.4, 0.5) is 0 Å². The van der Waals surface area contributed by atoms with Crippen LogP contribution in [0.3, 0.4) is 0 Å². The van der Waals surface area contributed by atoms with Gasteiger partial charge in [0, 0.05) is 18.0 Å². The Morgan fingerprint density at radius 3 is 1.61 bits per heavy atom. The van der Waals surface area contributed by atoms with Gasteiger partial charge in [-0.2, -0.15) is 0 Å². The molecule has 0 bridgehead atoms. The van der Waals surface area contributed by atoms with E-state index >= 15 is 0 Å². The highest BCUT2D eigenvalue weighted by molar-refractivity contribution is 5.69. The molecule has 0 spiro atoms. The van der Waals surface area contributed by atoms with Crippen molar-refractivity contribution in [3.05, 3.63) is 73.3 Å². The number of hydrogen-bond donors (Lipinski definition) is 0. The Morgan fingerprint density at radius 1 is 0.500 bits per heavy atom. The zero-order valence-electron chi connectivity index (χ0n) is 9.82. The first kappa shape index (κ1) is 10.7. The molecule has 0 fully saturated rings. The molecular weight excluding hydrogens is 220 g/mol. The van der Waals surface area contributed by atoms with Crippen molar-refractivity contribution in [3.8, 4) is 22.3 Å². The fourth-order valence-electron chi connectivity index (χ4n) is 1.93. The molecular formula is C16H12N2. The first-order valence-electron chi connectivity index (χ1n) is 5.84. The zero-order chi connectivity index (χ0) is 12.2. The van der Waals surface area contributed by atoms with Crippen molar-refractivity contribution < 1.29 is 0 Å². The lowest BCUT2D eigenvalue weighted by atomic mass is 10.0. The third-order valence-corrected chi connectivity index (χ3v) is 2.89. The van der Waals surface area contributed by atoms with Crippen molar-refractivity contribution in [1.82, 2.24) is 9.97 Å². The molecule has 2 heteroatoms. The highest BCUT2D eigenvalue weighted by Gasteiger charge is 1.99. The summed E-state index contributed by atoms with van der Waals surface area (Å²) in [6.07, 6.45) is 5.19. The van der Waals surface area contributed by atoms with Crippen LogP contribution in [0.2, 0.25) is 0 Å². The average Bonchev–Trinajstić information content (AvgIpc) is 2.49. The van der Waals surface area contributed by atoms with Crippen LogP contribution in [0.15, 0.2) is 73.3 Å². The van der Waals surface area contributed by atoms with E-state index < -0.39 is 0 Å². The fourth-order valence-corrected chi connectivity index (χ4v) is 1.93. The van der Waals surface area contributed by atoms with E-state index in [0.717, 1.165) is 11.1 Å². The molecule has 0 amide bonds. The Balaban J connectivity index is 1.95. The predicted octanol–water partition coefficient (Wildman–Crippen LogP) is 3.81. The summed E-state index contributed by atoms with van der Waals surface area (Å²) < 4.78 is 0. The molecule has 1 aromatic heterocycles. The van der Waals surface area contributed by atoms with Crippen LogP contribution in [0.5, 0.6) is 0 Å². The van der Waals surface area contributed by atoms with Gasteiger partial charge in [-0.05, 0) is 16.7 Å². The van der Waals surface area contributed by atoms with Gasteiger partial charge >= 0.3 is 0 Å². The van der Waals surface area contributed by atoms with Crippen LogP contribution in [-0.2, 0) is 0 Å². The average molecular weight is 232 g/mol.